The van der Waals surface area contributed by atoms with Gasteiger partial charge >= 0.3 is 12.1 Å². The summed E-state index contributed by atoms with van der Waals surface area (Å²) >= 11 is 0. The number of nitrogens with zero attached hydrogens (tertiary/aromatic N) is 7. The molecule has 0 radical (unpaired) electrons. The number of aryl methyl sites for hydroxylation is 1. The van der Waals surface area contributed by atoms with Gasteiger partial charge in [-0.1, -0.05) is 17.3 Å². The van der Waals surface area contributed by atoms with Crippen molar-refractivity contribution in [1.29, 1.82) is 0 Å². The molecule has 0 atom stereocenters. The molecule has 0 amide bonds. The first-order chi connectivity index (χ1) is 18.3. The van der Waals surface area contributed by atoms with E-state index < -0.39 is 12.1 Å². The Kier molecular flexibility index (Phi) is 5.91. The van der Waals surface area contributed by atoms with E-state index in [1.807, 2.05) is 42.2 Å². The predicted octanol–water partition coefficient (Wildman–Crippen LogP) is 4.68. The number of anilines is 3. The number of hydrogen-bond acceptors (Lipinski definition) is 9. The summed E-state index contributed by atoms with van der Waals surface area (Å²) in [5.41, 5.74) is 3.68. The molecule has 0 saturated carbocycles. The van der Waals surface area contributed by atoms with Crippen LogP contribution in [0.2, 0.25) is 0 Å². The van der Waals surface area contributed by atoms with Crippen LogP contribution in [-0.2, 0) is 18.0 Å². The summed E-state index contributed by atoms with van der Waals surface area (Å²) in [6.45, 7) is 2.52. The zero-order valence-corrected chi connectivity index (χ0v) is 20.1. The molecule has 1 aliphatic rings. The first-order valence-corrected chi connectivity index (χ1v) is 11.8. The highest BCUT2D eigenvalue weighted by atomic mass is 19.4. The molecule has 5 aromatic rings. The summed E-state index contributed by atoms with van der Waals surface area (Å²) in [5, 5.41) is 12.0. The van der Waals surface area contributed by atoms with Crippen molar-refractivity contribution >= 4 is 28.4 Å². The van der Waals surface area contributed by atoms with Crippen molar-refractivity contribution in [2.75, 3.05) is 36.5 Å². The SMILES string of the molecule is Cn1ncc2ccc(-c3cc(Nc4ccc(-c5noc(C(F)(F)F)n5)cc4)nc(N4CCOCC4)n3)cc21. The fourth-order valence-corrected chi connectivity index (χ4v) is 4.16. The standard InChI is InChI=1S/C25H21F3N8O2/c1-35-20-12-16(2-3-17(20)14-29-35)19-13-21(32-24(31-19)36-8-10-37-11-9-36)30-18-6-4-15(5-7-18)22-33-23(38-34-22)25(26,27)28/h2-7,12-14H,8-11H2,1H3,(H,30,31,32). The summed E-state index contributed by atoms with van der Waals surface area (Å²) in [6.07, 6.45) is -2.88. The van der Waals surface area contributed by atoms with E-state index >= 15 is 0 Å². The van der Waals surface area contributed by atoms with Crippen LogP contribution in [0, 0.1) is 0 Å². The molecule has 0 spiro atoms. The van der Waals surface area contributed by atoms with Gasteiger partial charge in [-0.05, 0) is 30.3 Å². The van der Waals surface area contributed by atoms with Crippen LogP contribution in [0.5, 0.6) is 0 Å². The maximum absolute atomic E-state index is 12.8. The Morgan fingerprint density at radius 1 is 0.921 bits per heavy atom. The van der Waals surface area contributed by atoms with E-state index in [1.165, 1.54) is 0 Å². The number of alkyl halides is 3. The van der Waals surface area contributed by atoms with Crippen LogP contribution in [0.4, 0.5) is 30.6 Å². The van der Waals surface area contributed by atoms with Gasteiger partial charge in [0, 0.05) is 48.4 Å². The Bertz CT molecular complexity index is 1590. The minimum Gasteiger partial charge on any atom is -0.378 e. The molecular formula is C25H21F3N8O2. The molecule has 38 heavy (non-hydrogen) atoms. The molecule has 13 heteroatoms. The highest BCUT2D eigenvalue weighted by Gasteiger charge is 2.38. The first-order valence-electron chi connectivity index (χ1n) is 11.8. The average Bonchev–Trinajstić information content (AvgIpc) is 3.57. The molecule has 0 unspecified atom stereocenters. The molecule has 6 rings (SSSR count). The minimum absolute atomic E-state index is 0.145. The van der Waals surface area contributed by atoms with Crippen molar-refractivity contribution in [3.05, 3.63) is 60.6 Å². The molecule has 1 aliphatic heterocycles. The highest BCUT2D eigenvalue weighted by Crippen LogP contribution is 2.31. The Labute approximate surface area is 214 Å². The summed E-state index contributed by atoms with van der Waals surface area (Å²) in [4.78, 5) is 15.1. The fourth-order valence-electron chi connectivity index (χ4n) is 4.16. The van der Waals surface area contributed by atoms with Crippen molar-refractivity contribution in [2.24, 2.45) is 7.05 Å². The molecule has 3 aromatic heterocycles. The zero-order valence-electron chi connectivity index (χ0n) is 20.1. The van der Waals surface area contributed by atoms with Crippen molar-refractivity contribution in [1.82, 2.24) is 29.9 Å². The Morgan fingerprint density at radius 2 is 1.68 bits per heavy atom. The summed E-state index contributed by atoms with van der Waals surface area (Å²) < 4.78 is 50.0. The van der Waals surface area contributed by atoms with Crippen LogP contribution in [0.1, 0.15) is 5.89 Å². The minimum atomic E-state index is -4.70. The van der Waals surface area contributed by atoms with Crippen LogP contribution >= 0.6 is 0 Å². The third-order valence-electron chi connectivity index (χ3n) is 6.14. The number of nitrogens with one attached hydrogen (secondary N) is 1. The van der Waals surface area contributed by atoms with Gasteiger partial charge in [-0.2, -0.15) is 28.2 Å². The van der Waals surface area contributed by atoms with Crippen molar-refractivity contribution in [2.45, 2.75) is 6.18 Å². The number of benzene rings is 2. The number of halogens is 3. The fraction of sp³-hybridized carbons (Fsp3) is 0.240. The van der Waals surface area contributed by atoms with Crippen LogP contribution < -0.4 is 10.2 Å². The lowest BCUT2D eigenvalue weighted by atomic mass is 10.1. The second-order valence-electron chi connectivity index (χ2n) is 8.70. The molecule has 1 fully saturated rings. The van der Waals surface area contributed by atoms with Crippen LogP contribution in [-0.4, -0.2) is 56.2 Å². The van der Waals surface area contributed by atoms with Crippen molar-refractivity contribution in [3.8, 4) is 22.6 Å². The van der Waals surface area contributed by atoms with E-state index in [2.05, 4.69) is 30.0 Å². The predicted molar refractivity (Wildman–Crippen MR) is 133 cm³/mol. The Morgan fingerprint density at radius 3 is 2.42 bits per heavy atom. The Hall–Kier alpha value is -4.52. The van der Waals surface area contributed by atoms with Gasteiger partial charge in [0.1, 0.15) is 5.82 Å². The largest absolute Gasteiger partial charge is 0.471 e. The van der Waals surface area contributed by atoms with Crippen LogP contribution in [0.25, 0.3) is 33.5 Å². The number of morpholine rings is 1. The lowest BCUT2D eigenvalue weighted by molar-refractivity contribution is -0.159. The summed E-state index contributed by atoms with van der Waals surface area (Å²) in [6, 6.07) is 14.5. The molecule has 1 N–H and O–H groups in total. The van der Waals surface area contributed by atoms with Gasteiger partial charge in [0.25, 0.3) is 0 Å². The van der Waals surface area contributed by atoms with E-state index in [0.717, 1.165) is 22.2 Å². The molecule has 4 heterocycles. The number of fused-ring (bicyclic) bond motifs is 1. The van der Waals surface area contributed by atoms with E-state index in [-0.39, 0.29) is 5.82 Å². The molecule has 0 bridgehead atoms. The number of hydrogen-bond donors (Lipinski definition) is 1. The van der Waals surface area contributed by atoms with Gasteiger partial charge in [-0.15, -0.1) is 0 Å². The van der Waals surface area contributed by atoms with Crippen LogP contribution in [0.3, 0.4) is 0 Å². The van der Waals surface area contributed by atoms with Crippen LogP contribution in [0.15, 0.2) is 59.3 Å². The molecule has 10 nitrogen and oxygen atoms in total. The number of aromatic nitrogens is 6. The summed E-state index contributed by atoms with van der Waals surface area (Å²) in [7, 11) is 1.89. The Balaban J connectivity index is 1.31. The topological polar surface area (TPSA) is 107 Å². The van der Waals surface area contributed by atoms with Gasteiger partial charge in [-0.25, -0.2) is 4.98 Å². The van der Waals surface area contributed by atoms with E-state index in [0.29, 0.717) is 49.3 Å². The van der Waals surface area contributed by atoms with Gasteiger partial charge in [-0.3, -0.25) is 4.68 Å². The molecule has 1 saturated heterocycles. The maximum atomic E-state index is 12.8. The molecular weight excluding hydrogens is 501 g/mol. The molecule has 194 valence electrons. The summed E-state index contributed by atoms with van der Waals surface area (Å²) in [5.74, 6) is -0.397. The van der Waals surface area contributed by atoms with Gasteiger partial charge in [0.05, 0.1) is 30.6 Å². The first kappa shape index (κ1) is 23.9. The molecule has 2 aromatic carbocycles. The normalized spacial score (nSPS) is 14.3. The average molecular weight is 522 g/mol. The highest BCUT2D eigenvalue weighted by molar-refractivity contribution is 5.84. The second-order valence-corrected chi connectivity index (χ2v) is 8.70. The number of rotatable bonds is 5. The van der Waals surface area contributed by atoms with Crippen molar-refractivity contribution in [3.63, 3.8) is 0 Å². The smallest absolute Gasteiger partial charge is 0.378 e. The van der Waals surface area contributed by atoms with E-state index in [1.54, 1.807) is 24.3 Å². The number of ether oxygens (including phenoxy) is 1. The second kappa shape index (κ2) is 9.41. The third-order valence-corrected chi connectivity index (χ3v) is 6.14. The van der Waals surface area contributed by atoms with Gasteiger partial charge < -0.3 is 19.5 Å². The monoisotopic (exact) mass is 522 g/mol. The quantitative estimate of drug-likeness (QED) is 0.352. The maximum Gasteiger partial charge on any atom is 0.471 e. The lowest BCUT2D eigenvalue weighted by Crippen LogP contribution is -2.37. The van der Waals surface area contributed by atoms with Crippen molar-refractivity contribution < 1.29 is 22.4 Å². The van der Waals surface area contributed by atoms with E-state index in [4.69, 9.17) is 14.7 Å². The van der Waals surface area contributed by atoms with Gasteiger partial charge in [0.15, 0.2) is 0 Å². The zero-order chi connectivity index (χ0) is 26.3. The van der Waals surface area contributed by atoms with Gasteiger partial charge in [0.2, 0.25) is 11.8 Å². The third kappa shape index (κ3) is 4.75. The lowest BCUT2D eigenvalue weighted by Gasteiger charge is -2.27. The molecule has 0 aliphatic carbocycles. The van der Waals surface area contributed by atoms with E-state index in [9.17, 15) is 13.2 Å².